The van der Waals surface area contributed by atoms with Crippen LogP contribution in [0.5, 0.6) is 0 Å². The van der Waals surface area contributed by atoms with Crippen molar-refractivity contribution in [2.75, 3.05) is 0 Å². The zero-order chi connectivity index (χ0) is 0. The molecule has 4 heavy (non-hydrogen) atoms. The Labute approximate surface area is 172 Å². The van der Waals surface area contributed by atoms with Crippen LogP contribution in [0.2, 0.25) is 0 Å². The number of halogens is 2. The van der Waals surface area contributed by atoms with Crippen molar-refractivity contribution in [1.29, 1.82) is 0 Å². The van der Waals surface area contributed by atoms with Gasteiger partial charge in [0, 0.05) is 0 Å². The van der Waals surface area contributed by atoms with E-state index in [0.29, 0.717) is 0 Å². The summed E-state index contributed by atoms with van der Waals surface area (Å²) in [6.07, 6.45) is 0. The van der Waals surface area contributed by atoms with Crippen LogP contribution >= 0.6 is 0 Å². The Balaban J connectivity index is 0. The predicted octanol–water partition coefficient (Wildman–Crippen LogP) is -12.0. The molecule has 0 aromatic rings. The second kappa shape index (κ2) is 15.7. The van der Waals surface area contributed by atoms with E-state index in [1.165, 1.54) is 0 Å². The van der Waals surface area contributed by atoms with E-state index >= 15 is 0 Å². The van der Waals surface area contributed by atoms with Crippen LogP contribution < -0.4 is 179 Å². The molecule has 0 aliphatic carbocycles. The summed E-state index contributed by atoms with van der Waals surface area (Å²) in [4.78, 5) is 0. The summed E-state index contributed by atoms with van der Waals surface area (Å²) in [7, 11) is 0. The third-order valence-corrected chi connectivity index (χ3v) is 0. The summed E-state index contributed by atoms with van der Waals surface area (Å²) < 4.78 is 0. The molecule has 0 fully saturated rings. The fourth-order valence-electron chi connectivity index (χ4n) is 0. The van der Waals surface area contributed by atoms with Crippen molar-refractivity contribution in [1.82, 2.24) is 0 Å². The zero-order valence-electron chi connectivity index (χ0n) is 2.76. The van der Waals surface area contributed by atoms with Gasteiger partial charge in [0.25, 0.3) is 0 Å². The van der Waals surface area contributed by atoms with Crippen molar-refractivity contribution in [3.8, 4) is 0 Å². The van der Waals surface area contributed by atoms with Gasteiger partial charge in [-0.2, -0.15) is 0 Å². The van der Waals surface area contributed by atoms with Crippen LogP contribution in [0, 0.1) is 0 Å². The van der Waals surface area contributed by atoms with Crippen LogP contribution in [0.15, 0.2) is 0 Å². The van der Waals surface area contributed by atoms with E-state index in [0.717, 1.165) is 0 Å². The molecule has 0 amide bonds. The Morgan fingerprint density at radius 3 is 0.750 bits per heavy atom. The summed E-state index contributed by atoms with van der Waals surface area (Å²) in [5, 5.41) is 0. The van der Waals surface area contributed by atoms with Gasteiger partial charge in [-0.15, -0.1) is 0 Å². The van der Waals surface area contributed by atoms with Crippen LogP contribution in [-0.2, 0) is 0 Å². The van der Waals surface area contributed by atoms with Gasteiger partial charge in [-0.1, -0.05) is 0 Å². The van der Waals surface area contributed by atoms with E-state index in [4.69, 9.17) is 0 Å². The zero-order valence-corrected chi connectivity index (χ0v) is 19.1. The van der Waals surface area contributed by atoms with Crippen LogP contribution in [-0.4, -0.2) is 0 Å². The third-order valence-electron chi connectivity index (χ3n) is 0. The smallest absolute Gasteiger partial charge is 1.00 e. The monoisotopic (exact) mass is 472 g/mol. The van der Waals surface area contributed by atoms with Gasteiger partial charge in [-0.3, -0.25) is 0 Å². The van der Waals surface area contributed by atoms with Gasteiger partial charge in [-0.05, 0) is 0 Å². The molecule has 0 N–H and O–H groups in total. The van der Waals surface area contributed by atoms with E-state index in [1.54, 1.807) is 0 Å². The topological polar surface area (TPSA) is 0 Å². The minimum absolute atomic E-state index is 0. The van der Waals surface area contributed by atoms with Gasteiger partial charge in [0.1, 0.15) is 0 Å². The van der Waals surface area contributed by atoms with E-state index < -0.39 is 0 Å². The first kappa shape index (κ1) is 22.8. The van der Waals surface area contributed by atoms with E-state index in [9.17, 15) is 0 Å². The van der Waals surface area contributed by atoms with Gasteiger partial charge >= 0.3 is 138 Å². The SMILES string of the molecule is [Br-].[Cs+].[Cs+].[I-]. The molecule has 0 bridgehead atoms. The molecule has 4 heteroatoms. The molecule has 0 rings (SSSR count). The Bertz CT molecular complexity index is 6.00. The Morgan fingerprint density at radius 1 is 0.750 bits per heavy atom. The first-order chi connectivity index (χ1) is 0. The first-order valence-electron chi connectivity index (χ1n) is 0. The predicted molar refractivity (Wildman–Crippen MR) is 0 cm³/mol. The molecular formula is BrCs2I. The second-order valence-corrected chi connectivity index (χ2v) is 0. The summed E-state index contributed by atoms with van der Waals surface area (Å²) in [6, 6.07) is 0. The second-order valence-electron chi connectivity index (χ2n) is 0. The maximum Gasteiger partial charge on any atom is 1.00 e. The van der Waals surface area contributed by atoms with E-state index in [-0.39, 0.29) is 179 Å². The van der Waals surface area contributed by atoms with Crippen LogP contribution in [0.3, 0.4) is 0 Å². The van der Waals surface area contributed by atoms with Crippen molar-refractivity contribution in [2.24, 2.45) is 0 Å². The van der Waals surface area contributed by atoms with Crippen molar-refractivity contribution in [2.45, 2.75) is 0 Å². The minimum atomic E-state index is 0. The molecule has 0 nitrogen and oxygen atoms in total. The van der Waals surface area contributed by atoms with Crippen LogP contribution in [0.4, 0.5) is 0 Å². The molecule has 0 saturated heterocycles. The maximum atomic E-state index is 0. The van der Waals surface area contributed by atoms with Gasteiger partial charge in [0.05, 0.1) is 0 Å². The fraction of sp³-hybridized carbons (Fsp3) is 0. The van der Waals surface area contributed by atoms with Crippen molar-refractivity contribution < 1.29 is 179 Å². The van der Waals surface area contributed by atoms with Gasteiger partial charge < -0.3 is 41.0 Å². The van der Waals surface area contributed by atoms with Gasteiger partial charge in [-0.25, -0.2) is 0 Å². The first-order valence-corrected chi connectivity index (χ1v) is 0. The summed E-state index contributed by atoms with van der Waals surface area (Å²) in [6.45, 7) is 0. The quantitative estimate of drug-likeness (QED) is 0.308. The molecular weight excluding hydrogens is 473 g/mol. The number of hydrogen-bond acceptors (Lipinski definition) is 0. The molecule has 16 valence electrons. The minimum Gasteiger partial charge on any atom is -1.00 e. The molecule has 0 aromatic carbocycles. The maximum absolute atomic E-state index is 0. The normalized spacial score (nSPS) is 0. The average Bonchev–Trinajstić information content (AvgIpc) is 0. The molecule has 0 saturated carbocycles. The van der Waals surface area contributed by atoms with Crippen molar-refractivity contribution >= 4 is 0 Å². The molecule has 0 atom stereocenters. The standard InChI is InChI=1S/BrH.2Cs.HI/h1H;;;1H/q;2*+1;/p-2. The molecule has 0 aliphatic rings. The third kappa shape index (κ3) is 10.3. The number of rotatable bonds is 0. The van der Waals surface area contributed by atoms with E-state index in [1.807, 2.05) is 0 Å². The average molecular weight is 473 g/mol. The summed E-state index contributed by atoms with van der Waals surface area (Å²) in [5.41, 5.74) is 0. The summed E-state index contributed by atoms with van der Waals surface area (Å²) in [5.74, 6) is 0. The van der Waals surface area contributed by atoms with Crippen LogP contribution in [0.1, 0.15) is 0 Å². The largest absolute Gasteiger partial charge is 1.00 e. The Hall–Kier alpha value is 5.31. The fourth-order valence-corrected chi connectivity index (χ4v) is 0. The molecule has 0 aromatic heterocycles. The van der Waals surface area contributed by atoms with Crippen molar-refractivity contribution in [3.05, 3.63) is 0 Å². The molecule has 0 unspecified atom stereocenters. The van der Waals surface area contributed by atoms with Crippen molar-refractivity contribution in [3.63, 3.8) is 0 Å². The molecule has 0 spiro atoms. The Kier molecular flexibility index (Phi) is 89.8. The van der Waals surface area contributed by atoms with Crippen LogP contribution in [0.25, 0.3) is 0 Å². The molecule has 0 aliphatic heterocycles. The summed E-state index contributed by atoms with van der Waals surface area (Å²) >= 11 is 0. The van der Waals surface area contributed by atoms with Gasteiger partial charge in [0.15, 0.2) is 0 Å². The Morgan fingerprint density at radius 2 is 0.750 bits per heavy atom. The molecule has 0 heterocycles. The van der Waals surface area contributed by atoms with E-state index in [2.05, 4.69) is 0 Å². The number of hydrogen-bond donors (Lipinski definition) is 0. The van der Waals surface area contributed by atoms with Gasteiger partial charge in [0.2, 0.25) is 0 Å². The molecule has 0 radical (unpaired) electrons.